The van der Waals surface area contributed by atoms with Gasteiger partial charge in [0, 0.05) is 6.20 Å². The number of nitrogens with zero attached hydrogens (tertiary/aromatic N) is 2. The average molecular weight is 255 g/mol. The predicted molar refractivity (Wildman–Crippen MR) is 60.4 cm³/mol. The normalized spacial score (nSPS) is 12.1. The molecule has 92 valence electrons. The molecule has 0 aliphatic heterocycles. The molecule has 1 rings (SSSR count). The van der Waals surface area contributed by atoms with Crippen LogP contribution in [0.2, 0.25) is 0 Å². The van der Waals surface area contributed by atoms with Crippen molar-refractivity contribution in [3.8, 4) is 6.07 Å². The van der Waals surface area contributed by atoms with Gasteiger partial charge in [-0.25, -0.2) is 18.1 Å². The molecule has 1 aromatic rings. The highest BCUT2D eigenvalue weighted by Gasteiger charge is 2.27. The molecular formula is C10H13N3O3S. The minimum Gasteiger partial charge on any atom is -0.394 e. The molecule has 0 aliphatic carbocycles. The lowest BCUT2D eigenvalue weighted by Crippen LogP contribution is -2.46. The molecule has 0 aliphatic rings. The van der Waals surface area contributed by atoms with Crippen LogP contribution in [0, 0.1) is 11.3 Å². The summed E-state index contributed by atoms with van der Waals surface area (Å²) in [6.07, 6.45) is 1.34. The Hall–Kier alpha value is -1.49. The second-order valence-corrected chi connectivity index (χ2v) is 5.76. The second-order valence-electron chi connectivity index (χ2n) is 4.11. The van der Waals surface area contributed by atoms with Crippen molar-refractivity contribution in [2.24, 2.45) is 0 Å². The van der Waals surface area contributed by atoms with Crippen molar-refractivity contribution in [1.82, 2.24) is 9.71 Å². The fraction of sp³-hybridized carbons (Fsp3) is 0.400. The second kappa shape index (κ2) is 4.79. The van der Waals surface area contributed by atoms with Gasteiger partial charge < -0.3 is 5.11 Å². The van der Waals surface area contributed by atoms with E-state index in [9.17, 15) is 8.42 Å². The molecule has 0 aromatic carbocycles. The molecule has 0 fully saturated rings. The highest BCUT2D eigenvalue weighted by Crippen LogP contribution is 2.15. The Morgan fingerprint density at radius 2 is 2.24 bits per heavy atom. The van der Waals surface area contributed by atoms with Gasteiger partial charge in [-0.3, -0.25) is 0 Å². The minimum absolute atomic E-state index is 0.172. The summed E-state index contributed by atoms with van der Waals surface area (Å²) in [4.78, 5) is 3.49. The third-order valence-electron chi connectivity index (χ3n) is 1.97. The zero-order valence-electron chi connectivity index (χ0n) is 9.51. The standard InChI is InChI=1S/C10H13N3O3S/c1-10(2,7-14)13-17(15,16)9-4-3-5-12-8(9)6-11/h3-5,13-14H,7H2,1-2H3. The summed E-state index contributed by atoms with van der Waals surface area (Å²) in [5.41, 5.74) is -1.17. The van der Waals surface area contributed by atoms with Gasteiger partial charge in [-0.2, -0.15) is 5.26 Å². The van der Waals surface area contributed by atoms with Crippen LogP contribution < -0.4 is 4.72 Å². The number of pyridine rings is 1. The molecule has 6 nitrogen and oxygen atoms in total. The van der Waals surface area contributed by atoms with E-state index in [4.69, 9.17) is 10.4 Å². The van der Waals surface area contributed by atoms with Crippen molar-refractivity contribution in [3.05, 3.63) is 24.0 Å². The summed E-state index contributed by atoms with van der Waals surface area (Å²) in [5.74, 6) is 0. The van der Waals surface area contributed by atoms with Gasteiger partial charge in [0.15, 0.2) is 5.69 Å². The lowest BCUT2D eigenvalue weighted by molar-refractivity contribution is 0.208. The summed E-state index contributed by atoms with van der Waals surface area (Å²) in [6.45, 7) is 2.72. The number of aromatic nitrogens is 1. The number of hydrogen-bond acceptors (Lipinski definition) is 5. The quantitative estimate of drug-likeness (QED) is 0.788. The van der Waals surface area contributed by atoms with Gasteiger partial charge in [0.2, 0.25) is 10.0 Å². The summed E-state index contributed by atoms with van der Waals surface area (Å²) >= 11 is 0. The first kappa shape index (κ1) is 13.6. The van der Waals surface area contributed by atoms with Crippen LogP contribution in [0.4, 0.5) is 0 Å². The van der Waals surface area contributed by atoms with Gasteiger partial charge >= 0.3 is 0 Å². The number of rotatable bonds is 4. The molecule has 17 heavy (non-hydrogen) atoms. The van der Waals surface area contributed by atoms with E-state index in [0.29, 0.717) is 0 Å². The highest BCUT2D eigenvalue weighted by atomic mass is 32.2. The Bertz CT molecular complexity index is 546. The molecule has 0 radical (unpaired) electrons. The number of sulfonamides is 1. The molecule has 1 aromatic heterocycles. The number of nitrogens with one attached hydrogen (secondary N) is 1. The first-order valence-corrected chi connectivity index (χ1v) is 6.31. The van der Waals surface area contributed by atoms with Crippen LogP contribution in [-0.2, 0) is 10.0 Å². The predicted octanol–water partition coefficient (Wildman–Crippen LogP) is 0.00248. The summed E-state index contributed by atoms with van der Waals surface area (Å²) in [7, 11) is -3.87. The summed E-state index contributed by atoms with van der Waals surface area (Å²) in [6, 6.07) is 4.44. The molecule has 2 N–H and O–H groups in total. The monoisotopic (exact) mass is 255 g/mol. The topological polar surface area (TPSA) is 103 Å². The first-order chi connectivity index (χ1) is 7.82. The fourth-order valence-electron chi connectivity index (χ4n) is 1.14. The van der Waals surface area contributed by atoms with Crippen LogP contribution in [0.25, 0.3) is 0 Å². The van der Waals surface area contributed by atoms with E-state index in [0.717, 1.165) is 0 Å². The number of aliphatic hydroxyl groups is 1. The fourth-order valence-corrected chi connectivity index (χ4v) is 2.65. The largest absolute Gasteiger partial charge is 0.394 e. The van der Waals surface area contributed by atoms with Crippen molar-refractivity contribution in [2.45, 2.75) is 24.3 Å². The van der Waals surface area contributed by atoms with Gasteiger partial charge in [-0.05, 0) is 26.0 Å². The van der Waals surface area contributed by atoms with Crippen LogP contribution >= 0.6 is 0 Å². The van der Waals surface area contributed by atoms with Crippen molar-refractivity contribution >= 4 is 10.0 Å². The Kier molecular flexibility index (Phi) is 3.83. The molecule has 7 heteroatoms. The van der Waals surface area contributed by atoms with E-state index in [1.165, 1.54) is 32.2 Å². The molecule has 0 atom stereocenters. The van der Waals surface area contributed by atoms with Gasteiger partial charge in [0.25, 0.3) is 0 Å². The number of nitriles is 1. The zero-order valence-corrected chi connectivity index (χ0v) is 10.3. The third kappa shape index (κ3) is 3.23. The SMILES string of the molecule is CC(C)(CO)NS(=O)(=O)c1cccnc1C#N. The van der Waals surface area contributed by atoms with Crippen molar-refractivity contribution in [2.75, 3.05) is 6.61 Å². The lowest BCUT2D eigenvalue weighted by Gasteiger charge is -2.23. The van der Waals surface area contributed by atoms with Crippen LogP contribution in [0.3, 0.4) is 0 Å². The van der Waals surface area contributed by atoms with E-state index in [2.05, 4.69) is 9.71 Å². The maximum absolute atomic E-state index is 12.0. The van der Waals surface area contributed by atoms with Crippen LogP contribution in [0.15, 0.2) is 23.2 Å². The summed E-state index contributed by atoms with van der Waals surface area (Å²) in [5, 5.41) is 17.8. The maximum atomic E-state index is 12.0. The summed E-state index contributed by atoms with van der Waals surface area (Å²) < 4.78 is 26.3. The van der Waals surface area contributed by atoms with Crippen LogP contribution in [0.5, 0.6) is 0 Å². The van der Waals surface area contributed by atoms with E-state index >= 15 is 0 Å². The molecule has 0 saturated carbocycles. The van der Waals surface area contributed by atoms with Crippen molar-refractivity contribution in [1.29, 1.82) is 5.26 Å². The van der Waals surface area contributed by atoms with Crippen molar-refractivity contribution < 1.29 is 13.5 Å². The van der Waals surface area contributed by atoms with Crippen molar-refractivity contribution in [3.63, 3.8) is 0 Å². The number of aliphatic hydroxyl groups excluding tert-OH is 1. The first-order valence-electron chi connectivity index (χ1n) is 4.82. The van der Waals surface area contributed by atoms with Gasteiger partial charge in [-0.15, -0.1) is 0 Å². The van der Waals surface area contributed by atoms with Gasteiger partial charge in [0.1, 0.15) is 11.0 Å². The van der Waals surface area contributed by atoms with Gasteiger partial charge in [0.05, 0.1) is 12.1 Å². The lowest BCUT2D eigenvalue weighted by atomic mass is 10.1. The Balaban J connectivity index is 3.20. The molecule has 0 bridgehead atoms. The van der Waals surface area contributed by atoms with E-state index in [1.807, 2.05) is 0 Å². The molecule has 0 saturated heterocycles. The highest BCUT2D eigenvalue weighted by molar-refractivity contribution is 7.89. The number of hydrogen-bond donors (Lipinski definition) is 2. The smallest absolute Gasteiger partial charge is 0.244 e. The Morgan fingerprint density at radius 1 is 1.59 bits per heavy atom. The Labute approximate surface area is 100.0 Å². The molecule has 0 unspecified atom stereocenters. The average Bonchev–Trinajstić information content (AvgIpc) is 2.28. The zero-order chi connectivity index (χ0) is 13.1. The van der Waals surface area contributed by atoms with Crippen LogP contribution in [-0.4, -0.2) is 30.7 Å². The molecular weight excluding hydrogens is 242 g/mol. The Morgan fingerprint density at radius 3 is 2.76 bits per heavy atom. The van der Waals surface area contributed by atoms with Gasteiger partial charge in [-0.1, -0.05) is 0 Å². The van der Waals surface area contributed by atoms with E-state index < -0.39 is 15.6 Å². The molecule has 1 heterocycles. The third-order valence-corrected chi connectivity index (χ3v) is 3.70. The van der Waals surface area contributed by atoms with E-state index in [1.54, 1.807) is 6.07 Å². The minimum atomic E-state index is -3.87. The maximum Gasteiger partial charge on any atom is 0.244 e. The molecule has 0 amide bonds. The van der Waals surface area contributed by atoms with Crippen LogP contribution in [0.1, 0.15) is 19.5 Å². The van der Waals surface area contributed by atoms with E-state index in [-0.39, 0.29) is 17.2 Å². The molecule has 0 spiro atoms.